The molecule has 0 saturated heterocycles. The maximum atomic E-state index is 10.5. The molecule has 1 aromatic rings. The molecule has 1 atom stereocenters. The van der Waals surface area contributed by atoms with Gasteiger partial charge in [0, 0.05) is 22.5 Å². The van der Waals surface area contributed by atoms with Crippen molar-refractivity contribution in [3.63, 3.8) is 0 Å². The van der Waals surface area contributed by atoms with E-state index in [2.05, 4.69) is 67.6 Å². The quantitative estimate of drug-likeness (QED) is 0.523. The van der Waals surface area contributed by atoms with Crippen LogP contribution in [0.15, 0.2) is 6.08 Å². The summed E-state index contributed by atoms with van der Waals surface area (Å²) in [5.41, 5.74) is 7.06. The summed E-state index contributed by atoms with van der Waals surface area (Å²) in [6, 6.07) is 0. The van der Waals surface area contributed by atoms with E-state index in [1.165, 1.54) is 22.4 Å². The zero-order valence-corrected chi connectivity index (χ0v) is 22.2. The highest BCUT2D eigenvalue weighted by Gasteiger charge is 2.44. The molecule has 2 aliphatic rings. The molecule has 4 nitrogen and oxygen atoms in total. The Morgan fingerprint density at radius 1 is 1.29 bits per heavy atom. The highest BCUT2D eigenvalue weighted by Crippen LogP contribution is 2.50. The Morgan fingerprint density at radius 2 is 1.97 bits per heavy atom. The predicted octanol–water partition coefficient (Wildman–Crippen LogP) is 6.54. The zero-order chi connectivity index (χ0) is 23.2. The van der Waals surface area contributed by atoms with Crippen LogP contribution in [0.2, 0.25) is 18.1 Å². The Labute approximate surface area is 190 Å². The van der Waals surface area contributed by atoms with Crippen LogP contribution < -0.4 is 0 Å². The second-order valence-electron chi connectivity index (χ2n) is 12.0. The van der Waals surface area contributed by atoms with Crippen molar-refractivity contribution in [1.82, 2.24) is 4.98 Å². The fourth-order valence-electron chi connectivity index (χ4n) is 4.71. The molecule has 0 saturated carbocycles. The number of aromatic nitrogens is 1. The lowest BCUT2D eigenvalue weighted by atomic mass is 9.71. The summed E-state index contributed by atoms with van der Waals surface area (Å²) in [5.74, 6) is 0.261. The van der Waals surface area contributed by atoms with E-state index in [-0.39, 0.29) is 29.1 Å². The number of aliphatic hydroxyl groups excluding tert-OH is 1. The van der Waals surface area contributed by atoms with E-state index in [1.54, 1.807) is 0 Å². The number of rotatable bonds is 5. The van der Waals surface area contributed by atoms with Crippen LogP contribution in [0.25, 0.3) is 5.57 Å². The fraction of sp³-hybridized carbons (Fsp3) is 0.731. The molecule has 0 fully saturated rings. The molecule has 0 bridgehead atoms. The van der Waals surface area contributed by atoms with Crippen LogP contribution in [0.5, 0.6) is 0 Å². The number of pyridine rings is 1. The minimum Gasteiger partial charge on any atom is -0.410 e. The number of hydrogen-bond donors (Lipinski definition) is 1. The van der Waals surface area contributed by atoms with Crippen molar-refractivity contribution in [2.24, 2.45) is 5.41 Å². The molecule has 5 heteroatoms. The molecule has 0 radical (unpaired) electrons. The van der Waals surface area contributed by atoms with E-state index in [0.717, 1.165) is 37.1 Å². The summed E-state index contributed by atoms with van der Waals surface area (Å²) in [5, 5.41) is 10.6. The van der Waals surface area contributed by atoms with E-state index in [1.807, 2.05) is 0 Å². The third kappa shape index (κ3) is 5.00. The molecule has 0 aromatic carbocycles. The first kappa shape index (κ1) is 24.6. The van der Waals surface area contributed by atoms with E-state index in [9.17, 15) is 5.11 Å². The average Bonchev–Trinajstić information content (AvgIpc) is 2.65. The monoisotopic (exact) mass is 445 g/mol. The SMILES string of the molecule is CC(C)c1nc2c(c(C3=CCOCC3)c1CO)C(O[Si](C)(C)C(C)(C)C)CC(C)(C)C2. The zero-order valence-electron chi connectivity index (χ0n) is 21.2. The minimum absolute atomic E-state index is 0.0114. The molecule has 1 aliphatic heterocycles. The van der Waals surface area contributed by atoms with Gasteiger partial charge in [-0.1, -0.05) is 54.5 Å². The van der Waals surface area contributed by atoms with Crippen LogP contribution in [0.1, 0.15) is 101 Å². The molecule has 2 heterocycles. The van der Waals surface area contributed by atoms with E-state index >= 15 is 0 Å². The predicted molar refractivity (Wildman–Crippen MR) is 131 cm³/mol. The number of hydrogen-bond acceptors (Lipinski definition) is 4. The topological polar surface area (TPSA) is 51.6 Å². The summed E-state index contributed by atoms with van der Waals surface area (Å²) in [7, 11) is -1.99. The standard InChI is InChI=1S/C26H43NO3Si/c1-17(2)24-19(16-28)22(18-10-12-29-13-11-18)23-20(27-24)14-26(6,7)15-21(23)30-31(8,9)25(3,4)5/h10,17,21,28H,11-16H2,1-9H3. The molecular weight excluding hydrogens is 402 g/mol. The van der Waals surface area contributed by atoms with Crippen LogP contribution in [0, 0.1) is 5.41 Å². The Morgan fingerprint density at radius 3 is 2.48 bits per heavy atom. The second kappa shape index (κ2) is 8.73. The first-order valence-electron chi connectivity index (χ1n) is 11.9. The van der Waals surface area contributed by atoms with Gasteiger partial charge in [0.25, 0.3) is 0 Å². The van der Waals surface area contributed by atoms with Gasteiger partial charge < -0.3 is 14.3 Å². The second-order valence-corrected chi connectivity index (χ2v) is 16.7. The van der Waals surface area contributed by atoms with Gasteiger partial charge in [-0.3, -0.25) is 4.98 Å². The van der Waals surface area contributed by atoms with Crippen LogP contribution in [-0.4, -0.2) is 31.6 Å². The van der Waals surface area contributed by atoms with Crippen molar-refractivity contribution < 1.29 is 14.3 Å². The van der Waals surface area contributed by atoms with E-state index < -0.39 is 8.32 Å². The van der Waals surface area contributed by atoms with Crippen LogP contribution >= 0.6 is 0 Å². The molecule has 0 spiro atoms. The molecule has 174 valence electrons. The summed E-state index contributed by atoms with van der Waals surface area (Å²) < 4.78 is 12.7. The van der Waals surface area contributed by atoms with Crippen LogP contribution in [-0.2, 0) is 22.2 Å². The first-order chi connectivity index (χ1) is 14.3. The Bertz CT molecular complexity index is 849. The third-order valence-electron chi connectivity index (χ3n) is 7.39. The fourth-order valence-corrected chi connectivity index (χ4v) is 5.98. The molecule has 0 amide bonds. The molecule has 1 unspecified atom stereocenters. The van der Waals surface area contributed by atoms with Gasteiger partial charge in [-0.2, -0.15) is 0 Å². The minimum atomic E-state index is -1.99. The van der Waals surface area contributed by atoms with Crippen molar-refractivity contribution in [1.29, 1.82) is 0 Å². The van der Waals surface area contributed by atoms with Gasteiger partial charge in [0.2, 0.25) is 0 Å². The highest BCUT2D eigenvalue weighted by atomic mass is 28.4. The molecule has 31 heavy (non-hydrogen) atoms. The molecule has 3 rings (SSSR count). The van der Waals surface area contributed by atoms with Crippen LogP contribution in [0.3, 0.4) is 0 Å². The Kier molecular flexibility index (Phi) is 6.94. The molecule has 1 aliphatic carbocycles. The average molecular weight is 446 g/mol. The lowest BCUT2D eigenvalue weighted by Crippen LogP contribution is -2.44. The maximum Gasteiger partial charge on any atom is 0.192 e. The summed E-state index contributed by atoms with van der Waals surface area (Å²) in [6.45, 7) is 22.0. The maximum absolute atomic E-state index is 10.5. The third-order valence-corrected chi connectivity index (χ3v) is 11.9. The summed E-state index contributed by atoms with van der Waals surface area (Å²) in [4.78, 5) is 5.19. The van der Waals surface area contributed by atoms with E-state index in [4.69, 9.17) is 14.1 Å². The molecular formula is C26H43NO3Si. The van der Waals surface area contributed by atoms with Crippen molar-refractivity contribution in [2.75, 3.05) is 13.2 Å². The van der Waals surface area contributed by atoms with Gasteiger partial charge in [-0.15, -0.1) is 0 Å². The van der Waals surface area contributed by atoms with E-state index in [0.29, 0.717) is 6.61 Å². The van der Waals surface area contributed by atoms with Crippen molar-refractivity contribution in [2.45, 2.75) is 104 Å². The first-order valence-corrected chi connectivity index (χ1v) is 14.8. The number of fused-ring (bicyclic) bond motifs is 1. The Hall–Kier alpha value is -1.01. The summed E-state index contributed by atoms with van der Waals surface area (Å²) in [6.07, 6.45) is 5.01. The number of aliphatic hydroxyl groups is 1. The largest absolute Gasteiger partial charge is 0.410 e. The van der Waals surface area contributed by atoms with Crippen molar-refractivity contribution >= 4 is 13.9 Å². The Balaban J connectivity index is 2.28. The number of nitrogens with zero attached hydrogens (tertiary/aromatic N) is 1. The molecule has 1 N–H and O–H groups in total. The van der Waals surface area contributed by atoms with Gasteiger partial charge in [0.1, 0.15) is 0 Å². The van der Waals surface area contributed by atoms with Crippen molar-refractivity contribution in [3.05, 3.63) is 34.2 Å². The van der Waals surface area contributed by atoms with Gasteiger partial charge in [-0.25, -0.2) is 0 Å². The van der Waals surface area contributed by atoms with Gasteiger partial charge in [-0.05, 0) is 59.9 Å². The number of ether oxygens (including phenoxy) is 1. The lowest BCUT2D eigenvalue weighted by Gasteiger charge is -2.45. The van der Waals surface area contributed by atoms with Gasteiger partial charge in [0.05, 0.1) is 25.9 Å². The van der Waals surface area contributed by atoms with Gasteiger partial charge in [0.15, 0.2) is 8.32 Å². The smallest absolute Gasteiger partial charge is 0.192 e. The normalized spacial score (nSPS) is 21.8. The highest BCUT2D eigenvalue weighted by molar-refractivity contribution is 6.74. The molecule has 1 aromatic heterocycles. The summed E-state index contributed by atoms with van der Waals surface area (Å²) >= 11 is 0. The lowest BCUT2D eigenvalue weighted by molar-refractivity contribution is 0.105. The van der Waals surface area contributed by atoms with Crippen molar-refractivity contribution in [3.8, 4) is 0 Å². The van der Waals surface area contributed by atoms with Gasteiger partial charge >= 0.3 is 0 Å². The van der Waals surface area contributed by atoms with Crippen LogP contribution in [0.4, 0.5) is 0 Å².